The minimum Gasteiger partial charge on any atom is -0.331 e. The van der Waals surface area contributed by atoms with E-state index in [1.807, 2.05) is 50.2 Å². The van der Waals surface area contributed by atoms with Crippen molar-refractivity contribution < 1.29 is 4.79 Å². The lowest BCUT2D eigenvalue weighted by molar-refractivity contribution is 0.195. The molecule has 1 aromatic heterocycles. The smallest absolute Gasteiger partial charge is 0.318 e. The van der Waals surface area contributed by atoms with Crippen LogP contribution in [0.1, 0.15) is 30.3 Å². The average Bonchev–Trinajstić information content (AvgIpc) is 2.89. The van der Waals surface area contributed by atoms with Crippen LogP contribution in [0.5, 0.6) is 0 Å². The molecule has 0 aliphatic heterocycles. The molecule has 2 amide bonds. The minimum atomic E-state index is -0.0699. The van der Waals surface area contributed by atoms with E-state index in [1.165, 1.54) is 11.3 Å². The van der Waals surface area contributed by atoms with E-state index in [2.05, 4.69) is 21.2 Å². The van der Waals surface area contributed by atoms with E-state index < -0.39 is 0 Å². The molecule has 1 heterocycles. The third-order valence-corrected chi connectivity index (χ3v) is 5.04. The van der Waals surface area contributed by atoms with E-state index in [0.717, 1.165) is 19.2 Å². The van der Waals surface area contributed by atoms with Crippen molar-refractivity contribution in [2.24, 2.45) is 0 Å². The molecule has 1 N–H and O–H groups in total. The first-order valence-corrected chi connectivity index (χ1v) is 9.03. The fourth-order valence-corrected chi connectivity index (χ4v) is 3.61. The number of amides is 2. The van der Waals surface area contributed by atoms with Crippen LogP contribution in [0.2, 0.25) is 4.34 Å². The Kier molecular flexibility index (Phi) is 6.29. The van der Waals surface area contributed by atoms with Crippen LogP contribution in [0.15, 0.2) is 40.9 Å². The zero-order valence-electron chi connectivity index (χ0n) is 12.5. The highest BCUT2D eigenvalue weighted by Crippen LogP contribution is 2.23. The molecule has 22 heavy (non-hydrogen) atoms. The van der Waals surface area contributed by atoms with Crippen molar-refractivity contribution in [3.05, 3.63) is 55.6 Å². The number of urea groups is 1. The Morgan fingerprint density at radius 2 is 2.18 bits per heavy atom. The fraction of sp³-hybridized carbons (Fsp3) is 0.312. The maximum absolute atomic E-state index is 12.4. The van der Waals surface area contributed by atoms with Crippen LogP contribution in [0.25, 0.3) is 0 Å². The summed E-state index contributed by atoms with van der Waals surface area (Å²) in [5.74, 6) is 0. The molecule has 0 aliphatic rings. The third kappa shape index (κ3) is 4.73. The van der Waals surface area contributed by atoms with E-state index in [1.54, 1.807) is 4.90 Å². The molecule has 0 bridgehead atoms. The number of carbonyl (C=O) groups is 1. The molecule has 0 fully saturated rings. The van der Waals surface area contributed by atoms with Crippen molar-refractivity contribution in [3.63, 3.8) is 0 Å². The van der Waals surface area contributed by atoms with E-state index in [9.17, 15) is 4.79 Å². The fourth-order valence-electron chi connectivity index (χ4n) is 2.09. The van der Waals surface area contributed by atoms with Crippen LogP contribution in [0.4, 0.5) is 4.79 Å². The summed E-state index contributed by atoms with van der Waals surface area (Å²) < 4.78 is 1.75. The van der Waals surface area contributed by atoms with Crippen molar-refractivity contribution in [1.29, 1.82) is 0 Å². The van der Waals surface area contributed by atoms with Gasteiger partial charge in [0.25, 0.3) is 0 Å². The number of carbonyl (C=O) groups excluding carboxylic acids is 1. The lowest BCUT2D eigenvalue weighted by atomic mass is 10.1. The van der Waals surface area contributed by atoms with Gasteiger partial charge in [0, 0.05) is 15.9 Å². The Morgan fingerprint density at radius 1 is 1.41 bits per heavy atom. The summed E-state index contributed by atoms with van der Waals surface area (Å²) in [6.07, 6.45) is 0. The molecular weight excluding hydrogens is 384 g/mol. The van der Waals surface area contributed by atoms with Crippen molar-refractivity contribution in [2.45, 2.75) is 26.4 Å². The molecule has 1 unspecified atom stereocenters. The highest BCUT2D eigenvalue weighted by Gasteiger charge is 2.16. The summed E-state index contributed by atoms with van der Waals surface area (Å²) in [6, 6.07) is 11.7. The minimum absolute atomic E-state index is 0.0500. The van der Waals surface area contributed by atoms with Gasteiger partial charge in [-0.25, -0.2) is 4.79 Å². The predicted molar refractivity (Wildman–Crippen MR) is 96.5 cm³/mol. The Morgan fingerprint density at radius 3 is 2.77 bits per heavy atom. The van der Waals surface area contributed by atoms with E-state index in [0.29, 0.717) is 13.1 Å². The molecule has 2 aromatic rings. The molecule has 1 atom stereocenters. The second-order valence-electron chi connectivity index (χ2n) is 4.95. The number of nitrogens with zero attached hydrogens (tertiary/aromatic N) is 1. The monoisotopic (exact) mass is 400 g/mol. The second kappa shape index (κ2) is 7.99. The summed E-state index contributed by atoms with van der Waals surface area (Å²) in [5, 5.41) is 3.04. The molecule has 0 aliphatic carbocycles. The van der Waals surface area contributed by atoms with Gasteiger partial charge in [-0.15, -0.1) is 11.3 Å². The molecule has 1 aromatic carbocycles. The van der Waals surface area contributed by atoms with Gasteiger partial charge < -0.3 is 10.2 Å². The topological polar surface area (TPSA) is 32.3 Å². The van der Waals surface area contributed by atoms with Gasteiger partial charge in [-0.2, -0.15) is 0 Å². The number of benzene rings is 1. The van der Waals surface area contributed by atoms with E-state index in [-0.39, 0.29) is 12.1 Å². The van der Waals surface area contributed by atoms with Gasteiger partial charge >= 0.3 is 6.03 Å². The maximum atomic E-state index is 12.4. The first-order valence-electron chi connectivity index (χ1n) is 7.04. The van der Waals surface area contributed by atoms with Gasteiger partial charge in [-0.1, -0.05) is 39.7 Å². The van der Waals surface area contributed by atoms with Crippen LogP contribution in [-0.4, -0.2) is 17.5 Å². The van der Waals surface area contributed by atoms with Crippen molar-refractivity contribution in [1.82, 2.24) is 10.2 Å². The molecule has 6 heteroatoms. The number of nitrogens with one attached hydrogen (secondary N) is 1. The summed E-state index contributed by atoms with van der Waals surface area (Å²) in [6.45, 7) is 5.17. The second-order valence-corrected chi connectivity index (χ2v) is 7.66. The average molecular weight is 402 g/mol. The van der Waals surface area contributed by atoms with Gasteiger partial charge in [0.15, 0.2) is 0 Å². The van der Waals surface area contributed by atoms with E-state index >= 15 is 0 Å². The lowest BCUT2D eigenvalue weighted by Crippen LogP contribution is -2.40. The van der Waals surface area contributed by atoms with Gasteiger partial charge in [-0.3, -0.25) is 0 Å². The number of thiophene rings is 1. The number of hydrogen-bond donors (Lipinski definition) is 1. The largest absolute Gasteiger partial charge is 0.331 e. The Hall–Kier alpha value is -1.04. The first-order chi connectivity index (χ1) is 10.5. The molecule has 3 nitrogen and oxygen atoms in total. The standard InChI is InChI=1S/C16H18BrClN2OS/c1-3-20(10-14-7-8-15(18)22-14)16(21)19-11(2)12-5-4-6-13(17)9-12/h4-9,11H,3,10H2,1-2H3,(H,19,21). The molecule has 0 radical (unpaired) electrons. The van der Waals surface area contributed by atoms with Crippen LogP contribution in [0.3, 0.4) is 0 Å². The van der Waals surface area contributed by atoms with Crippen molar-refractivity contribution in [2.75, 3.05) is 6.54 Å². The molecular formula is C16H18BrClN2OS. The van der Waals surface area contributed by atoms with Crippen LogP contribution in [0, 0.1) is 0 Å². The van der Waals surface area contributed by atoms with Crippen molar-refractivity contribution in [3.8, 4) is 0 Å². The Labute approximate surface area is 148 Å². The molecule has 0 saturated carbocycles. The molecule has 0 saturated heterocycles. The summed E-state index contributed by atoms with van der Waals surface area (Å²) in [4.78, 5) is 15.3. The summed E-state index contributed by atoms with van der Waals surface area (Å²) in [5.41, 5.74) is 1.07. The molecule has 2 rings (SSSR count). The van der Waals surface area contributed by atoms with Crippen LogP contribution < -0.4 is 5.32 Å². The quantitative estimate of drug-likeness (QED) is 0.709. The van der Waals surface area contributed by atoms with Gasteiger partial charge in [-0.05, 0) is 43.7 Å². The summed E-state index contributed by atoms with van der Waals surface area (Å²) in [7, 11) is 0. The maximum Gasteiger partial charge on any atom is 0.318 e. The lowest BCUT2D eigenvalue weighted by Gasteiger charge is -2.23. The predicted octanol–water partition coefficient (Wildman–Crippen LogP) is 5.46. The first kappa shape index (κ1) is 17.3. The van der Waals surface area contributed by atoms with Crippen molar-refractivity contribution >= 4 is 44.9 Å². The van der Waals surface area contributed by atoms with Gasteiger partial charge in [0.05, 0.1) is 16.9 Å². The third-order valence-electron chi connectivity index (χ3n) is 3.33. The SMILES string of the molecule is CCN(Cc1ccc(Cl)s1)C(=O)NC(C)c1cccc(Br)c1. The normalized spacial score (nSPS) is 12.0. The Bertz CT molecular complexity index is 647. The Balaban J connectivity index is 1.99. The molecule has 118 valence electrons. The van der Waals surface area contributed by atoms with Gasteiger partial charge in [0.1, 0.15) is 0 Å². The molecule has 0 spiro atoms. The van der Waals surface area contributed by atoms with Crippen LogP contribution >= 0.6 is 38.9 Å². The highest BCUT2D eigenvalue weighted by atomic mass is 79.9. The zero-order chi connectivity index (χ0) is 16.1. The number of hydrogen-bond acceptors (Lipinski definition) is 2. The van der Waals surface area contributed by atoms with Crippen LogP contribution in [-0.2, 0) is 6.54 Å². The van der Waals surface area contributed by atoms with E-state index in [4.69, 9.17) is 11.6 Å². The zero-order valence-corrected chi connectivity index (χ0v) is 15.6. The number of halogens is 2. The number of rotatable bonds is 5. The van der Waals surface area contributed by atoms with Gasteiger partial charge in [0.2, 0.25) is 0 Å². The summed E-state index contributed by atoms with van der Waals surface area (Å²) >= 11 is 10.9. The highest BCUT2D eigenvalue weighted by molar-refractivity contribution is 9.10.